The summed E-state index contributed by atoms with van der Waals surface area (Å²) in [5.74, 6) is -0.284. The molecule has 0 atom stereocenters. The molecule has 2 aromatic rings. The van der Waals surface area contributed by atoms with Gasteiger partial charge in [0.05, 0.1) is 6.20 Å². The fourth-order valence-electron chi connectivity index (χ4n) is 1.15. The van der Waals surface area contributed by atoms with Gasteiger partial charge in [0.2, 0.25) is 5.89 Å². The van der Waals surface area contributed by atoms with Crippen LogP contribution >= 0.6 is 0 Å². The minimum absolute atomic E-state index is 0.167. The third kappa shape index (κ3) is 2.19. The van der Waals surface area contributed by atoms with Crippen molar-refractivity contribution in [1.82, 2.24) is 9.97 Å². The van der Waals surface area contributed by atoms with E-state index in [0.717, 1.165) is 0 Å². The minimum atomic E-state index is -0.946. The first-order chi connectivity index (χ1) is 7.25. The van der Waals surface area contributed by atoms with Gasteiger partial charge >= 0.3 is 5.97 Å². The Morgan fingerprint density at radius 3 is 2.93 bits per heavy atom. The van der Waals surface area contributed by atoms with Crippen LogP contribution in [-0.2, 0) is 11.2 Å². The molecule has 76 valence electrons. The number of carboxylic acids is 1. The fourth-order valence-corrected chi connectivity index (χ4v) is 1.15. The van der Waals surface area contributed by atoms with Gasteiger partial charge in [0.25, 0.3) is 0 Å². The van der Waals surface area contributed by atoms with E-state index in [4.69, 9.17) is 9.52 Å². The summed E-state index contributed by atoms with van der Waals surface area (Å²) in [4.78, 5) is 18.4. The number of carbonyl (C=O) groups is 1. The predicted molar refractivity (Wildman–Crippen MR) is 51.1 cm³/mol. The van der Waals surface area contributed by atoms with Gasteiger partial charge in [-0.3, -0.25) is 9.78 Å². The van der Waals surface area contributed by atoms with Gasteiger partial charge in [-0.25, -0.2) is 4.98 Å². The average molecular weight is 204 g/mol. The van der Waals surface area contributed by atoms with Crippen molar-refractivity contribution < 1.29 is 14.3 Å². The molecule has 0 bridgehead atoms. The Morgan fingerprint density at radius 1 is 1.40 bits per heavy atom. The third-order valence-corrected chi connectivity index (χ3v) is 1.76. The number of carboxylic acid groups (broad SMARTS) is 1. The van der Waals surface area contributed by atoms with Crippen molar-refractivity contribution in [1.29, 1.82) is 0 Å². The summed E-state index contributed by atoms with van der Waals surface area (Å²) < 4.78 is 5.23. The van der Waals surface area contributed by atoms with Crippen molar-refractivity contribution in [3.63, 3.8) is 0 Å². The molecule has 5 heteroatoms. The molecule has 0 spiro atoms. The lowest BCUT2D eigenvalue weighted by Crippen LogP contribution is -1.97. The van der Waals surface area contributed by atoms with Crippen LogP contribution in [-0.4, -0.2) is 21.0 Å². The van der Waals surface area contributed by atoms with Crippen LogP contribution in [0.5, 0.6) is 0 Å². The maximum Gasteiger partial charge on any atom is 0.311 e. The van der Waals surface area contributed by atoms with Crippen LogP contribution in [0.15, 0.2) is 35.0 Å². The number of oxazole rings is 1. The fraction of sp³-hybridized carbons (Fsp3) is 0.100. The Kier molecular flexibility index (Phi) is 2.45. The van der Waals surface area contributed by atoms with Crippen LogP contribution in [0, 0.1) is 0 Å². The van der Waals surface area contributed by atoms with Crippen molar-refractivity contribution >= 4 is 5.97 Å². The normalized spacial score (nSPS) is 10.1. The molecule has 0 aliphatic rings. The summed E-state index contributed by atoms with van der Waals surface area (Å²) in [6.45, 7) is 0. The van der Waals surface area contributed by atoms with E-state index in [-0.39, 0.29) is 6.42 Å². The SMILES string of the molecule is O=C(O)Cc1cnc(-c2ccccn2)o1. The van der Waals surface area contributed by atoms with E-state index in [1.807, 2.05) is 6.07 Å². The molecule has 2 heterocycles. The van der Waals surface area contributed by atoms with E-state index >= 15 is 0 Å². The predicted octanol–water partition coefficient (Wildman–Crippen LogP) is 1.36. The maximum atomic E-state index is 10.4. The average Bonchev–Trinajstić information content (AvgIpc) is 2.67. The van der Waals surface area contributed by atoms with Crippen LogP contribution in [0.1, 0.15) is 5.76 Å². The third-order valence-electron chi connectivity index (χ3n) is 1.76. The van der Waals surface area contributed by atoms with Gasteiger partial charge in [0, 0.05) is 6.20 Å². The summed E-state index contributed by atoms with van der Waals surface area (Å²) in [5, 5.41) is 8.54. The van der Waals surface area contributed by atoms with Gasteiger partial charge < -0.3 is 9.52 Å². The molecule has 0 aliphatic carbocycles. The maximum absolute atomic E-state index is 10.4. The zero-order chi connectivity index (χ0) is 10.7. The molecule has 1 N–H and O–H groups in total. The minimum Gasteiger partial charge on any atom is -0.481 e. The van der Waals surface area contributed by atoms with E-state index in [1.54, 1.807) is 18.3 Å². The first-order valence-corrected chi connectivity index (χ1v) is 4.33. The molecule has 0 saturated heterocycles. The van der Waals surface area contributed by atoms with Gasteiger partial charge in [-0.1, -0.05) is 6.07 Å². The highest BCUT2D eigenvalue weighted by Gasteiger charge is 2.09. The Bertz CT molecular complexity index is 465. The van der Waals surface area contributed by atoms with Crippen LogP contribution in [0.4, 0.5) is 0 Å². The standard InChI is InChI=1S/C10H8N2O3/c13-9(14)5-7-6-12-10(15-7)8-3-1-2-4-11-8/h1-4,6H,5H2,(H,13,14). The Labute approximate surface area is 85.4 Å². The van der Waals surface area contributed by atoms with Gasteiger partial charge in [-0.15, -0.1) is 0 Å². The molecule has 5 nitrogen and oxygen atoms in total. The van der Waals surface area contributed by atoms with Crippen LogP contribution < -0.4 is 0 Å². The van der Waals surface area contributed by atoms with Gasteiger partial charge in [-0.2, -0.15) is 0 Å². The van der Waals surface area contributed by atoms with Crippen molar-refractivity contribution in [2.24, 2.45) is 0 Å². The molecule has 2 rings (SSSR count). The van der Waals surface area contributed by atoms with Crippen molar-refractivity contribution in [3.8, 4) is 11.6 Å². The number of aromatic nitrogens is 2. The number of pyridine rings is 1. The number of hydrogen-bond donors (Lipinski definition) is 1. The second kappa shape index (κ2) is 3.91. The molecule has 0 fully saturated rings. The molecular formula is C10H8N2O3. The van der Waals surface area contributed by atoms with Crippen LogP contribution in [0.25, 0.3) is 11.6 Å². The highest BCUT2D eigenvalue weighted by atomic mass is 16.4. The lowest BCUT2D eigenvalue weighted by molar-refractivity contribution is -0.136. The molecule has 0 saturated carbocycles. The van der Waals surface area contributed by atoms with Crippen molar-refractivity contribution in [3.05, 3.63) is 36.4 Å². The van der Waals surface area contributed by atoms with Gasteiger partial charge in [0.1, 0.15) is 17.9 Å². The Morgan fingerprint density at radius 2 is 2.27 bits per heavy atom. The highest BCUT2D eigenvalue weighted by molar-refractivity contribution is 5.69. The smallest absolute Gasteiger partial charge is 0.311 e. The van der Waals surface area contributed by atoms with E-state index in [1.165, 1.54) is 6.20 Å². The summed E-state index contributed by atoms with van der Waals surface area (Å²) in [6.07, 6.45) is 2.86. The lowest BCUT2D eigenvalue weighted by Gasteiger charge is -1.92. The first kappa shape index (κ1) is 9.39. The van der Waals surface area contributed by atoms with Crippen LogP contribution in [0.2, 0.25) is 0 Å². The zero-order valence-electron chi connectivity index (χ0n) is 7.75. The summed E-state index contributed by atoms with van der Waals surface area (Å²) in [7, 11) is 0. The molecule has 0 aliphatic heterocycles. The molecule has 15 heavy (non-hydrogen) atoms. The van der Waals surface area contributed by atoms with Gasteiger partial charge in [0.15, 0.2) is 0 Å². The van der Waals surface area contributed by atoms with E-state index in [9.17, 15) is 4.79 Å². The second-order valence-electron chi connectivity index (χ2n) is 2.92. The van der Waals surface area contributed by atoms with E-state index < -0.39 is 5.97 Å². The number of hydrogen-bond acceptors (Lipinski definition) is 4. The van der Waals surface area contributed by atoms with Crippen molar-refractivity contribution in [2.75, 3.05) is 0 Å². The molecule has 0 aromatic carbocycles. The molecule has 0 amide bonds. The topological polar surface area (TPSA) is 76.2 Å². The van der Waals surface area contributed by atoms with E-state index in [0.29, 0.717) is 17.3 Å². The summed E-state index contributed by atoms with van der Waals surface area (Å²) >= 11 is 0. The zero-order valence-corrected chi connectivity index (χ0v) is 7.75. The number of aliphatic carboxylic acids is 1. The molecular weight excluding hydrogens is 196 g/mol. The highest BCUT2D eigenvalue weighted by Crippen LogP contribution is 2.16. The largest absolute Gasteiger partial charge is 0.481 e. The lowest BCUT2D eigenvalue weighted by atomic mass is 10.3. The number of nitrogens with zero attached hydrogens (tertiary/aromatic N) is 2. The van der Waals surface area contributed by atoms with Crippen molar-refractivity contribution in [2.45, 2.75) is 6.42 Å². The Balaban J connectivity index is 2.24. The molecule has 2 aromatic heterocycles. The monoisotopic (exact) mass is 204 g/mol. The number of rotatable bonds is 3. The van der Waals surface area contributed by atoms with E-state index in [2.05, 4.69) is 9.97 Å². The second-order valence-corrected chi connectivity index (χ2v) is 2.92. The van der Waals surface area contributed by atoms with Gasteiger partial charge in [-0.05, 0) is 12.1 Å². The Hall–Kier alpha value is -2.17. The molecule has 0 radical (unpaired) electrons. The first-order valence-electron chi connectivity index (χ1n) is 4.33. The molecule has 0 unspecified atom stereocenters. The van der Waals surface area contributed by atoms with Crippen LogP contribution in [0.3, 0.4) is 0 Å². The quantitative estimate of drug-likeness (QED) is 0.816. The summed E-state index contributed by atoms with van der Waals surface area (Å²) in [6, 6.07) is 5.34. The summed E-state index contributed by atoms with van der Waals surface area (Å²) in [5.41, 5.74) is 0.592.